The molecule has 6 heteroatoms. The van der Waals surface area contributed by atoms with Gasteiger partial charge in [0.15, 0.2) is 6.10 Å². The molecular weight excluding hydrogens is 1020 g/mol. The third-order valence-electron chi connectivity index (χ3n) is 15.9. The quantitative estimate of drug-likeness (QED) is 0.0261. The van der Waals surface area contributed by atoms with Gasteiger partial charge >= 0.3 is 17.9 Å². The molecule has 0 aliphatic heterocycles. The van der Waals surface area contributed by atoms with Gasteiger partial charge in [0.1, 0.15) is 13.2 Å². The number of hydrogen-bond acceptors (Lipinski definition) is 6. The SMILES string of the molecule is CC/C=C\C/C=C\C/C=C\C/C=C\CCCCCCC(=O)OC(COC(=O)CCCCCCCCC/C=C\C/C=C\C/C=C\CC)COC(=O)CCCCCCCCCCCCCCCCCCCCCCCCCCCCCCCCC. The monoisotopic (exact) mass is 1160 g/mol. The van der Waals surface area contributed by atoms with Crippen LogP contribution in [0, 0.1) is 0 Å². The van der Waals surface area contributed by atoms with Crippen LogP contribution in [0.15, 0.2) is 85.1 Å². The van der Waals surface area contributed by atoms with E-state index in [2.05, 4.69) is 106 Å². The summed E-state index contributed by atoms with van der Waals surface area (Å²) in [6, 6.07) is 0. The standard InChI is InChI=1S/C77H136O6/c1-4-7-10-13-16-19-22-25-28-31-32-33-34-35-36-37-38-39-40-41-42-43-44-47-49-52-55-58-61-64-67-70-76(79)82-73-74(83-77(80)71-68-65-62-59-56-53-50-46-30-27-24-21-18-15-12-9-6-3)72-81-75(78)69-66-63-60-57-54-51-48-45-29-26-23-20-17-14-11-8-5-2/h8-9,11-12,17-18,20-21,26-27,29-30,50,53,74H,4-7,10,13-16,19,22-25,28,31-49,51-52,54-73H2,1-3H3/b11-8-,12-9-,20-17-,21-18-,29-26-,30-27-,53-50-. The average molecular weight is 1160 g/mol. The smallest absolute Gasteiger partial charge is 0.306 e. The number of carbonyl (C=O) groups excluding carboxylic acids is 3. The molecule has 480 valence electrons. The predicted octanol–water partition coefficient (Wildman–Crippen LogP) is 25.0. The van der Waals surface area contributed by atoms with Gasteiger partial charge in [0.2, 0.25) is 0 Å². The van der Waals surface area contributed by atoms with E-state index in [4.69, 9.17) is 14.2 Å². The van der Waals surface area contributed by atoms with Crippen LogP contribution >= 0.6 is 0 Å². The van der Waals surface area contributed by atoms with Crippen LogP contribution in [0.1, 0.15) is 367 Å². The van der Waals surface area contributed by atoms with Crippen LogP contribution in [-0.4, -0.2) is 37.2 Å². The molecule has 0 aliphatic carbocycles. The lowest BCUT2D eigenvalue weighted by Gasteiger charge is -2.18. The molecule has 0 N–H and O–H groups in total. The summed E-state index contributed by atoms with van der Waals surface area (Å²) in [5.74, 6) is -0.904. The van der Waals surface area contributed by atoms with E-state index in [0.717, 1.165) is 122 Å². The van der Waals surface area contributed by atoms with Crippen molar-refractivity contribution in [2.24, 2.45) is 0 Å². The van der Waals surface area contributed by atoms with Crippen molar-refractivity contribution in [2.75, 3.05) is 13.2 Å². The van der Waals surface area contributed by atoms with Gasteiger partial charge in [-0.15, -0.1) is 0 Å². The Bertz CT molecular complexity index is 1570. The number of hydrogen-bond donors (Lipinski definition) is 0. The predicted molar refractivity (Wildman–Crippen MR) is 362 cm³/mol. The highest BCUT2D eigenvalue weighted by Gasteiger charge is 2.19. The number of rotatable bonds is 66. The van der Waals surface area contributed by atoms with E-state index >= 15 is 0 Å². The topological polar surface area (TPSA) is 78.9 Å². The summed E-state index contributed by atoms with van der Waals surface area (Å²) >= 11 is 0. The van der Waals surface area contributed by atoms with Crippen LogP contribution in [0.4, 0.5) is 0 Å². The van der Waals surface area contributed by atoms with Crippen LogP contribution in [0.25, 0.3) is 0 Å². The Balaban J connectivity index is 4.23. The fraction of sp³-hybridized carbons (Fsp3) is 0.779. The molecule has 0 amide bonds. The van der Waals surface area contributed by atoms with E-state index < -0.39 is 6.10 Å². The van der Waals surface area contributed by atoms with Crippen molar-refractivity contribution >= 4 is 17.9 Å². The maximum Gasteiger partial charge on any atom is 0.306 e. The maximum absolute atomic E-state index is 12.9. The number of unbranched alkanes of at least 4 members (excludes halogenated alkanes) is 41. The van der Waals surface area contributed by atoms with E-state index in [0.29, 0.717) is 19.3 Å². The Morgan fingerprint density at radius 3 is 0.735 bits per heavy atom. The Morgan fingerprint density at radius 2 is 0.470 bits per heavy atom. The first-order valence-corrected chi connectivity index (χ1v) is 36.1. The lowest BCUT2D eigenvalue weighted by Crippen LogP contribution is -2.30. The van der Waals surface area contributed by atoms with E-state index in [1.807, 2.05) is 0 Å². The zero-order chi connectivity index (χ0) is 59.9. The van der Waals surface area contributed by atoms with Gasteiger partial charge in [-0.25, -0.2) is 0 Å². The molecule has 0 aliphatic rings. The van der Waals surface area contributed by atoms with Crippen LogP contribution in [0.2, 0.25) is 0 Å². The second kappa shape index (κ2) is 71.1. The third-order valence-corrected chi connectivity index (χ3v) is 15.9. The molecule has 1 atom stereocenters. The summed E-state index contributed by atoms with van der Waals surface area (Å²) in [5, 5.41) is 0. The summed E-state index contributed by atoms with van der Waals surface area (Å²) in [6.07, 6.45) is 94.9. The first-order valence-electron chi connectivity index (χ1n) is 36.1. The van der Waals surface area contributed by atoms with Gasteiger partial charge in [0.25, 0.3) is 0 Å². The first kappa shape index (κ1) is 79.6. The molecule has 0 saturated carbocycles. The fourth-order valence-corrected chi connectivity index (χ4v) is 10.6. The number of carbonyl (C=O) groups is 3. The zero-order valence-corrected chi connectivity index (χ0v) is 55.2. The van der Waals surface area contributed by atoms with E-state index in [1.54, 1.807) is 0 Å². The molecule has 1 unspecified atom stereocenters. The fourth-order valence-electron chi connectivity index (χ4n) is 10.6. The van der Waals surface area contributed by atoms with Gasteiger partial charge < -0.3 is 14.2 Å². The molecule has 0 aromatic carbocycles. The van der Waals surface area contributed by atoms with Crippen molar-refractivity contribution in [3.05, 3.63) is 85.1 Å². The summed E-state index contributed by atoms with van der Waals surface area (Å²) in [5.41, 5.74) is 0. The highest BCUT2D eigenvalue weighted by atomic mass is 16.6. The summed E-state index contributed by atoms with van der Waals surface area (Å²) in [7, 11) is 0. The molecule has 83 heavy (non-hydrogen) atoms. The van der Waals surface area contributed by atoms with Crippen LogP contribution in [-0.2, 0) is 28.6 Å². The molecule has 0 rings (SSSR count). The molecule has 0 radical (unpaired) electrons. The molecule has 0 saturated heterocycles. The molecule has 0 fully saturated rings. The number of esters is 3. The second-order valence-corrected chi connectivity index (χ2v) is 24.1. The number of allylic oxidation sites excluding steroid dienone is 14. The van der Waals surface area contributed by atoms with Crippen molar-refractivity contribution in [1.29, 1.82) is 0 Å². The largest absolute Gasteiger partial charge is 0.462 e. The van der Waals surface area contributed by atoms with Crippen molar-refractivity contribution in [3.8, 4) is 0 Å². The zero-order valence-electron chi connectivity index (χ0n) is 55.2. The Kier molecular flexibility index (Phi) is 68.2. The summed E-state index contributed by atoms with van der Waals surface area (Å²) < 4.78 is 17.0. The van der Waals surface area contributed by atoms with Gasteiger partial charge in [-0.2, -0.15) is 0 Å². The third kappa shape index (κ3) is 69.3. The minimum atomic E-state index is -0.795. The van der Waals surface area contributed by atoms with Crippen LogP contribution in [0.3, 0.4) is 0 Å². The Labute approximate surface area is 515 Å². The van der Waals surface area contributed by atoms with Crippen molar-refractivity contribution in [3.63, 3.8) is 0 Å². The molecule has 0 spiro atoms. The van der Waals surface area contributed by atoms with Gasteiger partial charge in [0, 0.05) is 19.3 Å². The highest BCUT2D eigenvalue weighted by Crippen LogP contribution is 2.18. The minimum Gasteiger partial charge on any atom is -0.462 e. The van der Waals surface area contributed by atoms with Gasteiger partial charge in [0.05, 0.1) is 0 Å². The van der Waals surface area contributed by atoms with Gasteiger partial charge in [-0.05, 0) is 89.9 Å². The van der Waals surface area contributed by atoms with E-state index in [1.165, 1.54) is 205 Å². The molecular formula is C77H136O6. The summed E-state index contributed by atoms with van der Waals surface area (Å²) in [6.45, 7) is 6.44. The molecule has 6 nitrogen and oxygen atoms in total. The second-order valence-electron chi connectivity index (χ2n) is 24.1. The lowest BCUT2D eigenvalue weighted by atomic mass is 10.0. The molecule has 0 bridgehead atoms. The Morgan fingerprint density at radius 1 is 0.253 bits per heavy atom. The molecule has 0 aromatic heterocycles. The maximum atomic E-state index is 12.9. The van der Waals surface area contributed by atoms with Crippen molar-refractivity contribution in [2.45, 2.75) is 374 Å². The van der Waals surface area contributed by atoms with Crippen molar-refractivity contribution in [1.82, 2.24) is 0 Å². The van der Waals surface area contributed by atoms with Crippen molar-refractivity contribution < 1.29 is 28.6 Å². The van der Waals surface area contributed by atoms with Crippen LogP contribution < -0.4 is 0 Å². The Hall–Kier alpha value is -3.41. The minimum absolute atomic E-state index is 0.0872. The molecule has 0 aromatic rings. The highest BCUT2D eigenvalue weighted by molar-refractivity contribution is 5.71. The lowest BCUT2D eigenvalue weighted by molar-refractivity contribution is -0.167. The number of ether oxygens (including phenoxy) is 3. The molecule has 0 heterocycles. The average Bonchev–Trinajstić information content (AvgIpc) is 3.50. The normalized spacial score (nSPS) is 12.6. The van der Waals surface area contributed by atoms with Gasteiger partial charge in [-0.3, -0.25) is 14.4 Å². The van der Waals surface area contributed by atoms with Crippen LogP contribution in [0.5, 0.6) is 0 Å². The van der Waals surface area contributed by atoms with E-state index in [-0.39, 0.29) is 31.1 Å². The van der Waals surface area contributed by atoms with E-state index in [9.17, 15) is 14.4 Å². The first-order chi connectivity index (χ1) is 41.0. The summed E-state index contributed by atoms with van der Waals surface area (Å²) in [4.78, 5) is 38.4. The van der Waals surface area contributed by atoms with Gasteiger partial charge in [-0.1, -0.05) is 343 Å².